The quantitative estimate of drug-likeness (QED) is 0.846. The molecule has 6 nitrogen and oxygen atoms in total. The summed E-state index contributed by atoms with van der Waals surface area (Å²) in [6, 6.07) is 5.90. The maximum Gasteiger partial charge on any atom is 0.266 e. The zero-order valence-electron chi connectivity index (χ0n) is 17.7. The van der Waals surface area contributed by atoms with E-state index in [1.54, 1.807) is 6.20 Å². The number of hydrogen-bond donors (Lipinski definition) is 1. The minimum absolute atomic E-state index is 0.0478. The molecule has 2 aliphatic heterocycles. The first-order valence-corrected chi connectivity index (χ1v) is 10.3. The summed E-state index contributed by atoms with van der Waals surface area (Å²) >= 11 is 0. The van der Waals surface area contributed by atoms with Crippen LogP contribution >= 0.6 is 0 Å². The van der Waals surface area contributed by atoms with Gasteiger partial charge in [-0.2, -0.15) is 0 Å². The molecule has 0 spiro atoms. The molecule has 4 rings (SSSR count). The van der Waals surface area contributed by atoms with Crippen LogP contribution in [0.5, 0.6) is 11.5 Å². The molecule has 2 aromatic rings. The number of nitrogens with zero attached hydrogens (tertiary/aromatic N) is 3. The van der Waals surface area contributed by atoms with E-state index in [0.29, 0.717) is 25.3 Å². The van der Waals surface area contributed by atoms with Gasteiger partial charge in [0.15, 0.2) is 5.60 Å². The van der Waals surface area contributed by atoms with Gasteiger partial charge in [0.25, 0.3) is 5.91 Å². The molecular formula is C23H29N3O3. The molecule has 154 valence electrons. The topological polar surface area (TPSA) is 65.9 Å². The fourth-order valence-electron chi connectivity index (χ4n) is 4.41. The Kier molecular flexibility index (Phi) is 4.89. The average Bonchev–Trinajstić information content (AvgIpc) is 2.76. The Hall–Kier alpha value is -2.76. The van der Waals surface area contributed by atoms with Gasteiger partial charge in [-0.1, -0.05) is 6.07 Å². The predicted octanol–water partition coefficient (Wildman–Crippen LogP) is 3.14. The third kappa shape index (κ3) is 3.30. The molecular weight excluding hydrogens is 366 g/mol. The Balaban J connectivity index is 1.50. The van der Waals surface area contributed by atoms with Crippen molar-refractivity contribution >= 4 is 11.7 Å². The average molecular weight is 396 g/mol. The summed E-state index contributed by atoms with van der Waals surface area (Å²) < 4.78 is 6.37. The summed E-state index contributed by atoms with van der Waals surface area (Å²) in [6.07, 6.45) is 3.14. The van der Waals surface area contributed by atoms with Crippen molar-refractivity contribution in [1.82, 2.24) is 9.88 Å². The summed E-state index contributed by atoms with van der Waals surface area (Å²) in [5.41, 5.74) is 2.75. The van der Waals surface area contributed by atoms with Gasteiger partial charge in [0.2, 0.25) is 0 Å². The number of rotatable bonds is 2. The highest BCUT2D eigenvalue weighted by Gasteiger charge is 2.43. The van der Waals surface area contributed by atoms with Crippen LogP contribution in [0.1, 0.15) is 35.6 Å². The molecule has 1 unspecified atom stereocenters. The molecule has 0 saturated carbocycles. The molecule has 3 heterocycles. The number of pyridine rings is 1. The van der Waals surface area contributed by atoms with E-state index in [1.807, 2.05) is 50.8 Å². The van der Waals surface area contributed by atoms with Gasteiger partial charge in [-0.15, -0.1) is 0 Å². The highest BCUT2D eigenvalue weighted by atomic mass is 16.5. The van der Waals surface area contributed by atoms with Gasteiger partial charge in [-0.25, -0.2) is 4.98 Å². The van der Waals surface area contributed by atoms with Crippen molar-refractivity contribution in [3.63, 3.8) is 0 Å². The molecule has 1 fully saturated rings. The largest absolute Gasteiger partial charge is 0.507 e. The molecule has 0 radical (unpaired) electrons. The van der Waals surface area contributed by atoms with Gasteiger partial charge in [0.1, 0.15) is 17.3 Å². The number of aromatic nitrogens is 1. The van der Waals surface area contributed by atoms with Crippen molar-refractivity contribution in [2.24, 2.45) is 0 Å². The second-order valence-corrected chi connectivity index (χ2v) is 8.33. The van der Waals surface area contributed by atoms with E-state index in [9.17, 15) is 9.90 Å². The Labute approximate surface area is 172 Å². The lowest BCUT2D eigenvalue weighted by molar-refractivity contribution is -0.148. The first kappa shape index (κ1) is 19.6. The van der Waals surface area contributed by atoms with Crippen LogP contribution in [0, 0.1) is 20.8 Å². The maximum atomic E-state index is 13.4. The number of ether oxygens (including phenoxy) is 1. The molecule has 1 saturated heterocycles. The normalized spacial score (nSPS) is 21.5. The lowest BCUT2D eigenvalue weighted by Crippen LogP contribution is -2.58. The number of phenols is 1. The van der Waals surface area contributed by atoms with Gasteiger partial charge in [-0.3, -0.25) is 4.79 Å². The summed E-state index contributed by atoms with van der Waals surface area (Å²) in [6.45, 7) is 10.5. The third-order valence-corrected chi connectivity index (χ3v) is 6.51. The molecule has 0 aliphatic carbocycles. The van der Waals surface area contributed by atoms with Gasteiger partial charge in [-0.05, 0) is 62.9 Å². The lowest BCUT2D eigenvalue weighted by atomic mass is 9.86. The molecule has 1 aromatic heterocycles. The Bertz CT molecular complexity index is 936. The van der Waals surface area contributed by atoms with E-state index in [4.69, 9.17) is 4.74 Å². The second-order valence-electron chi connectivity index (χ2n) is 8.33. The van der Waals surface area contributed by atoms with Crippen LogP contribution in [-0.4, -0.2) is 52.7 Å². The zero-order valence-corrected chi connectivity index (χ0v) is 17.7. The molecule has 2 aliphatic rings. The minimum Gasteiger partial charge on any atom is -0.507 e. The van der Waals surface area contributed by atoms with Crippen LogP contribution in [-0.2, 0) is 11.2 Å². The van der Waals surface area contributed by atoms with E-state index >= 15 is 0 Å². The van der Waals surface area contributed by atoms with E-state index in [2.05, 4.69) is 9.88 Å². The highest BCUT2D eigenvalue weighted by Crippen LogP contribution is 2.43. The smallest absolute Gasteiger partial charge is 0.266 e. The number of carbonyl (C=O) groups is 1. The Morgan fingerprint density at radius 1 is 1.10 bits per heavy atom. The summed E-state index contributed by atoms with van der Waals surface area (Å²) in [7, 11) is 0. The van der Waals surface area contributed by atoms with E-state index in [1.165, 1.54) is 0 Å². The van der Waals surface area contributed by atoms with Crippen LogP contribution in [0.15, 0.2) is 24.4 Å². The summed E-state index contributed by atoms with van der Waals surface area (Å²) in [5.74, 6) is 2.11. The monoisotopic (exact) mass is 395 g/mol. The number of benzene rings is 1. The lowest BCUT2D eigenvalue weighted by Gasteiger charge is -2.42. The number of amides is 1. The molecule has 6 heteroatoms. The Morgan fingerprint density at radius 3 is 2.48 bits per heavy atom. The number of fused-ring (bicyclic) bond motifs is 1. The first-order valence-electron chi connectivity index (χ1n) is 10.3. The molecule has 29 heavy (non-hydrogen) atoms. The fraction of sp³-hybridized carbons (Fsp3) is 0.478. The summed E-state index contributed by atoms with van der Waals surface area (Å²) in [5, 5.41) is 10.4. The first-order chi connectivity index (χ1) is 13.8. The third-order valence-electron chi connectivity index (χ3n) is 6.51. The molecule has 0 bridgehead atoms. The van der Waals surface area contributed by atoms with Crippen LogP contribution in [0.4, 0.5) is 5.82 Å². The zero-order chi connectivity index (χ0) is 20.8. The van der Waals surface area contributed by atoms with Gasteiger partial charge >= 0.3 is 0 Å². The van der Waals surface area contributed by atoms with Crippen LogP contribution in [0.25, 0.3) is 0 Å². The standard InChI is InChI=1S/C23H29N3O3/c1-15-16(2)21-18(17(3)20(15)27)8-9-23(4,29-21)22(28)26-13-11-25(12-14-26)19-7-5-6-10-24-19/h5-7,10,27H,8-9,11-14H2,1-4H3. The number of carbonyl (C=O) groups excluding carboxylic acids is 1. The molecule has 1 atom stereocenters. The number of piperazine rings is 1. The van der Waals surface area contributed by atoms with Gasteiger partial charge < -0.3 is 19.6 Å². The minimum atomic E-state index is -0.874. The van der Waals surface area contributed by atoms with Crippen LogP contribution in [0.2, 0.25) is 0 Å². The number of phenolic OH excluding ortho intramolecular Hbond substituents is 1. The van der Waals surface area contributed by atoms with Crippen molar-refractivity contribution in [1.29, 1.82) is 0 Å². The van der Waals surface area contributed by atoms with Crippen LogP contribution in [0.3, 0.4) is 0 Å². The fourth-order valence-corrected chi connectivity index (χ4v) is 4.41. The van der Waals surface area contributed by atoms with Crippen molar-refractivity contribution in [2.45, 2.75) is 46.1 Å². The van der Waals surface area contributed by atoms with E-state index in [0.717, 1.165) is 53.3 Å². The molecule has 1 N–H and O–H groups in total. The predicted molar refractivity (Wildman–Crippen MR) is 113 cm³/mol. The van der Waals surface area contributed by atoms with Crippen LogP contribution < -0.4 is 9.64 Å². The van der Waals surface area contributed by atoms with Crippen molar-refractivity contribution in [3.8, 4) is 11.5 Å². The van der Waals surface area contributed by atoms with Gasteiger partial charge in [0, 0.05) is 44.4 Å². The SMILES string of the molecule is Cc1c(C)c2c(c(C)c1O)CCC(C)(C(=O)N1CCN(c3ccccn3)CC1)O2. The molecule has 1 aromatic carbocycles. The van der Waals surface area contributed by atoms with Crippen molar-refractivity contribution < 1.29 is 14.6 Å². The maximum absolute atomic E-state index is 13.4. The van der Waals surface area contributed by atoms with E-state index in [-0.39, 0.29) is 5.91 Å². The van der Waals surface area contributed by atoms with Crippen molar-refractivity contribution in [2.75, 3.05) is 31.1 Å². The van der Waals surface area contributed by atoms with Gasteiger partial charge in [0.05, 0.1) is 0 Å². The number of hydrogen-bond acceptors (Lipinski definition) is 5. The number of aromatic hydroxyl groups is 1. The van der Waals surface area contributed by atoms with E-state index < -0.39 is 5.60 Å². The van der Waals surface area contributed by atoms with Crippen molar-refractivity contribution in [3.05, 3.63) is 46.6 Å². The highest BCUT2D eigenvalue weighted by molar-refractivity contribution is 5.86. The number of anilines is 1. The molecule has 1 amide bonds. The summed E-state index contributed by atoms with van der Waals surface area (Å²) in [4.78, 5) is 21.9. The Morgan fingerprint density at radius 2 is 1.83 bits per heavy atom. The second kappa shape index (κ2) is 7.25.